The minimum Gasteiger partial charge on any atom is -0.383 e. The Balaban J connectivity index is 1.56. The number of anilines is 3. The highest BCUT2D eigenvalue weighted by Gasteiger charge is 2.25. The minimum absolute atomic E-state index is 0.188. The normalized spacial score (nSPS) is 16.9. The summed E-state index contributed by atoms with van der Waals surface area (Å²) in [5, 5.41) is 3.28. The molecule has 7 nitrogen and oxygen atoms in total. The van der Waals surface area contributed by atoms with Gasteiger partial charge >= 0.3 is 0 Å². The van der Waals surface area contributed by atoms with E-state index in [4.69, 9.17) is 10.7 Å². The van der Waals surface area contributed by atoms with Crippen molar-refractivity contribution in [3.05, 3.63) is 41.0 Å². The third-order valence-electron chi connectivity index (χ3n) is 6.13. The van der Waals surface area contributed by atoms with E-state index < -0.39 is 0 Å². The van der Waals surface area contributed by atoms with Gasteiger partial charge in [0.1, 0.15) is 17.4 Å². The Morgan fingerprint density at radius 3 is 2.65 bits per heavy atom. The topological polar surface area (TPSA) is 87.4 Å². The van der Waals surface area contributed by atoms with Gasteiger partial charge < -0.3 is 16.0 Å². The second-order valence-corrected chi connectivity index (χ2v) is 8.71. The van der Waals surface area contributed by atoms with Gasteiger partial charge in [-0.05, 0) is 43.5 Å². The van der Waals surface area contributed by atoms with E-state index in [1.54, 1.807) is 0 Å². The monoisotopic (exact) mass is 422 g/mol. The number of nitrogens with one attached hydrogen (secondary N) is 1. The summed E-state index contributed by atoms with van der Waals surface area (Å²) in [5.41, 5.74) is 9.61. The predicted molar refractivity (Wildman–Crippen MR) is 125 cm³/mol. The molecule has 166 valence electrons. The Morgan fingerprint density at radius 2 is 1.87 bits per heavy atom. The summed E-state index contributed by atoms with van der Waals surface area (Å²) in [7, 11) is 0. The van der Waals surface area contributed by atoms with Gasteiger partial charge in [0.05, 0.1) is 0 Å². The van der Waals surface area contributed by atoms with Gasteiger partial charge in [0.25, 0.3) is 0 Å². The fourth-order valence-electron chi connectivity index (χ4n) is 4.43. The molecule has 0 amide bonds. The van der Waals surface area contributed by atoms with Crippen molar-refractivity contribution in [3.63, 3.8) is 0 Å². The molecule has 31 heavy (non-hydrogen) atoms. The number of fused-ring (bicyclic) bond motifs is 1. The van der Waals surface area contributed by atoms with Crippen LogP contribution in [0.5, 0.6) is 0 Å². The molecule has 7 heteroatoms. The van der Waals surface area contributed by atoms with Gasteiger partial charge in [-0.15, -0.1) is 0 Å². The predicted octanol–water partition coefficient (Wildman–Crippen LogP) is 3.39. The molecule has 1 fully saturated rings. The van der Waals surface area contributed by atoms with Gasteiger partial charge in [-0.25, -0.2) is 0 Å². The van der Waals surface area contributed by atoms with Crippen LogP contribution >= 0.6 is 0 Å². The van der Waals surface area contributed by atoms with Crippen molar-refractivity contribution in [3.8, 4) is 0 Å². The molecular formula is C24H34N6O. The Bertz CT molecular complexity index is 909. The first-order chi connectivity index (χ1) is 15.1. The van der Waals surface area contributed by atoms with Crippen LogP contribution in [0.25, 0.3) is 0 Å². The highest BCUT2D eigenvalue weighted by Crippen LogP contribution is 2.29. The Hall–Kier alpha value is -2.67. The molecule has 0 spiro atoms. The molecule has 0 unspecified atom stereocenters. The number of aromatic nitrogens is 2. The average Bonchev–Trinajstić information content (AvgIpc) is 3.20. The third-order valence-corrected chi connectivity index (χ3v) is 6.13. The van der Waals surface area contributed by atoms with Crippen LogP contribution in [0.15, 0.2) is 24.3 Å². The summed E-state index contributed by atoms with van der Waals surface area (Å²) < 4.78 is 0. The summed E-state index contributed by atoms with van der Waals surface area (Å²) in [6.45, 7) is 7.70. The number of Topliss-reactive ketones (excluding diaryl/α,β-unsaturated/α-hetero) is 1. The van der Waals surface area contributed by atoms with E-state index in [1.807, 2.05) is 0 Å². The van der Waals surface area contributed by atoms with E-state index in [0.29, 0.717) is 37.7 Å². The molecule has 3 N–H and O–H groups in total. The number of rotatable bonds is 8. The van der Waals surface area contributed by atoms with Gasteiger partial charge in [0.15, 0.2) is 0 Å². The largest absolute Gasteiger partial charge is 0.383 e. The summed E-state index contributed by atoms with van der Waals surface area (Å²) in [6.07, 6.45) is 5.56. The van der Waals surface area contributed by atoms with Gasteiger partial charge in [-0.2, -0.15) is 9.97 Å². The lowest BCUT2D eigenvalue weighted by Gasteiger charge is -2.25. The number of benzene rings is 1. The molecule has 1 saturated heterocycles. The quantitative estimate of drug-likeness (QED) is 0.631. The highest BCUT2D eigenvalue weighted by molar-refractivity contribution is 5.86. The number of unbranched alkanes of at least 4 members (excludes halogenated alkanes) is 1. The van der Waals surface area contributed by atoms with Crippen LogP contribution < -0.4 is 16.0 Å². The number of ketones is 1. The van der Waals surface area contributed by atoms with E-state index >= 15 is 0 Å². The van der Waals surface area contributed by atoms with E-state index in [2.05, 4.69) is 51.3 Å². The van der Waals surface area contributed by atoms with Crippen molar-refractivity contribution < 1.29 is 4.79 Å². The first kappa shape index (κ1) is 21.6. The number of hydrogen-bond donors (Lipinski definition) is 2. The van der Waals surface area contributed by atoms with Crippen molar-refractivity contribution >= 4 is 23.4 Å². The molecule has 2 aromatic rings. The molecule has 0 saturated carbocycles. The van der Waals surface area contributed by atoms with E-state index in [-0.39, 0.29) is 5.78 Å². The van der Waals surface area contributed by atoms with Crippen molar-refractivity contribution in [1.29, 1.82) is 0 Å². The van der Waals surface area contributed by atoms with Crippen molar-refractivity contribution in [1.82, 2.24) is 14.9 Å². The Labute approximate surface area is 185 Å². The summed E-state index contributed by atoms with van der Waals surface area (Å²) in [4.78, 5) is 26.3. The number of likely N-dealkylation sites (tertiary alicyclic amines) is 1. The number of nitrogens with zero attached hydrogens (tertiary/aromatic N) is 4. The zero-order chi connectivity index (χ0) is 21.6. The maximum atomic E-state index is 12.4. The van der Waals surface area contributed by atoms with Crippen molar-refractivity contribution in [2.24, 2.45) is 0 Å². The van der Waals surface area contributed by atoms with Crippen LogP contribution in [-0.2, 0) is 24.3 Å². The second-order valence-electron chi connectivity index (χ2n) is 8.71. The molecule has 0 atom stereocenters. The Kier molecular flexibility index (Phi) is 7.02. The fraction of sp³-hybridized carbons (Fsp3) is 0.542. The number of nitrogens with two attached hydrogens (primary N) is 1. The van der Waals surface area contributed by atoms with Crippen LogP contribution in [0.4, 0.5) is 17.6 Å². The van der Waals surface area contributed by atoms with Gasteiger partial charge in [-0.3, -0.25) is 9.69 Å². The minimum atomic E-state index is 0.188. The van der Waals surface area contributed by atoms with Gasteiger partial charge in [0, 0.05) is 44.6 Å². The van der Waals surface area contributed by atoms with Gasteiger partial charge in [0.2, 0.25) is 5.95 Å². The molecule has 2 aliphatic rings. The summed E-state index contributed by atoms with van der Waals surface area (Å²) >= 11 is 0. The number of carbonyl (C=O) groups excluding carboxylic acids is 1. The van der Waals surface area contributed by atoms with Crippen LogP contribution in [0, 0.1) is 0 Å². The zero-order valence-electron chi connectivity index (χ0n) is 18.6. The van der Waals surface area contributed by atoms with Gasteiger partial charge in [-0.1, -0.05) is 37.6 Å². The molecule has 0 bridgehead atoms. The van der Waals surface area contributed by atoms with Crippen LogP contribution in [-0.4, -0.2) is 46.8 Å². The molecule has 0 aliphatic carbocycles. The molecule has 0 radical (unpaired) electrons. The lowest BCUT2D eigenvalue weighted by atomic mass is 10.1. The Morgan fingerprint density at radius 1 is 1.10 bits per heavy atom. The third kappa shape index (κ3) is 5.53. The molecule has 1 aromatic carbocycles. The SMILES string of the molecule is CCCCNc1nc(N)c2c(n1)N(Cc1cccc(CN3CCCC3)c1)CCC(=O)C2. The van der Waals surface area contributed by atoms with Crippen LogP contribution in [0.3, 0.4) is 0 Å². The standard InChI is InChI=1S/C24H34N6O/c1-2-3-10-26-24-27-22(25)21-15-20(31)9-13-30(23(21)28-24)17-19-8-6-7-18(14-19)16-29-11-4-5-12-29/h6-8,14H,2-5,9-13,15-17H2,1H3,(H3,25,26,27,28). The zero-order valence-corrected chi connectivity index (χ0v) is 18.6. The molecule has 1 aromatic heterocycles. The second kappa shape index (κ2) is 10.1. The number of carbonyl (C=O) groups is 1. The van der Waals surface area contributed by atoms with Crippen molar-refractivity contribution in [2.75, 3.05) is 42.1 Å². The lowest BCUT2D eigenvalue weighted by molar-refractivity contribution is -0.118. The van der Waals surface area contributed by atoms with E-state index in [1.165, 1.54) is 37.1 Å². The summed E-state index contributed by atoms with van der Waals surface area (Å²) in [6, 6.07) is 8.79. The molecule has 2 aliphatic heterocycles. The van der Waals surface area contributed by atoms with Crippen LogP contribution in [0.2, 0.25) is 0 Å². The first-order valence-electron chi connectivity index (χ1n) is 11.6. The molecule has 4 rings (SSSR count). The van der Waals surface area contributed by atoms with E-state index in [0.717, 1.165) is 37.3 Å². The number of nitrogen functional groups attached to an aromatic ring is 1. The first-order valence-corrected chi connectivity index (χ1v) is 11.6. The number of hydrogen-bond acceptors (Lipinski definition) is 7. The fourth-order valence-corrected chi connectivity index (χ4v) is 4.43. The molecule has 3 heterocycles. The maximum Gasteiger partial charge on any atom is 0.226 e. The van der Waals surface area contributed by atoms with E-state index in [9.17, 15) is 4.79 Å². The summed E-state index contributed by atoms with van der Waals surface area (Å²) in [5.74, 6) is 1.94. The highest BCUT2D eigenvalue weighted by atomic mass is 16.1. The van der Waals surface area contributed by atoms with Crippen molar-refractivity contribution in [2.45, 2.75) is 58.5 Å². The smallest absolute Gasteiger partial charge is 0.226 e. The van der Waals surface area contributed by atoms with Crippen LogP contribution in [0.1, 0.15) is 55.7 Å². The molecular weight excluding hydrogens is 388 g/mol. The lowest BCUT2D eigenvalue weighted by Crippen LogP contribution is -2.26. The maximum absolute atomic E-state index is 12.4. The average molecular weight is 423 g/mol.